The number of aromatic nitrogens is 3. The minimum absolute atomic E-state index is 0.153. The first-order chi connectivity index (χ1) is 9.22. The third-order valence-electron chi connectivity index (χ3n) is 3.54. The Hall–Kier alpha value is -2.17. The molecule has 1 amide bonds. The highest BCUT2D eigenvalue weighted by molar-refractivity contribution is 5.95. The van der Waals surface area contributed by atoms with Crippen molar-refractivity contribution in [2.75, 3.05) is 11.9 Å². The van der Waals surface area contributed by atoms with E-state index < -0.39 is 0 Å². The lowest BCUT2D eigenvalue weighted by Gasteiger charge is -2.24. The average molecular weight is 256 g/mol. The molecule has 0 atom stereocenters. The first-order valence-electron chi connectivity index (χ1n) is 6.49. The molecule has 3 rings (SSSR count). The Morgan fingerprint density at radius 1 is 1.42 bits per heavy atom. The van der Waals surface area contributed by atoms with Crippen molar-refractivity contribution in [3.63, 3.8) is 0 Å². The number of carbonyl (C=O) groups is 1. The molecule has 3 heterocycles. The second-order valence-corrected chi connectivity index (χ2v) is 4.67. The third-order valence-corrected chi connectivity index (χ3v) is 3.54. The third kappa shape index (κ3) is 1.82. The molecule has 0 radical (unpaired) electrons. The summed E-state index contributed by atoms with van der Waals surface area (Å²) in [6, 6.07) is 3.91. The molecule has 0 fully saturated rings. The first-order valence-corrected chi connectivity index (χ1v) is 6.49. The van der Waals surface area contributed by atoms with Gasteiger partial charge in [-0.05, 0) is 18.6 Å². The maximum absolute atomic E-state index is 11.8. The lowest BCUT2D eigenvalue weighted by atomic mass is 10.1. The fourth-order valence-corrected chi connectivity index (χ4v) is 2.57. The van der Waals surface area contributed by atoms with Gasteiger partial charge in [-0.2, -0.15) is 5.10 Å². The van der Waals surface area contributed by atoms with Crippen LogP contribution in [0.15, 0.2) is 24.5 Å². The minimum atomic E-state index is 0.153. The lowest BCUT2D eigenvalue weighted by Crippen LogP contribution is -2.34. The summed E-state index contributed by atoms with van der Waals surface area (Å²) < 4.78 is 1.93. The molecule has 0 aliphatic carbocycles. The van der Waals surface area contributed by atoms with Crippen molar-refractivity contribution in [2.24, 2.45) is 0 Å². The normalized spacial score (nSPS) is 14.6. The predicted octanol–water partition coefficient (Wildman–Crippen LogP) is 1.87. The van der Waals surface area contributed by atoms with Crippen LogP contribution in [0.4, 0.5) is 5.82 Å². The van der Waals surface area contributed by atoms with Crippen LogP contribution in [0.3, 0.4) is 0 Å². The number of hydrogen-bond acceptors (Lipinski definition) is 3. The molecule has 1 aliphatic rings. The van der Waals surface area contributed by atoms with E-state index >= 15 is 0 Å². The van der Waals surface area contributed by atoms with E-state index in [1.807, 2.05) is 30.1 Å². The van der Waals surface area contributed by atoms with Crippen LogP contribution in [0, 0.1) is 0 Å². The second-order valence-electron chi connectivity index (χ2n) is 4.67. The second kappa shape index (κ2) is 4.50. The maximum atomic E-state index is 11.8. The van der Waals surface area contributed by atoms with Gasteiger partial charge >= 0.3 is 0 Å². The summed E-state index contributed by atoms with van der Waals surface area (Å²) >= 11 is 0. The van der Waals surface area contributed by atoms with Crippen molar-refractivity contribution < 1.29 is 4.79 Å². The average Bonchev–Trinajstić information content (AvgIpc) is 2.83. The van der Waals surface area contributed by atoms with E-state index in [1.54, 1.807) is 11.1 Å². The Balaban J connectivity index is 2.18. The van der Waals surface area contributed by atoms with E-state index in [1.165, 1.54) is 0 Å². The van der Waals surface area contributed by atoms with Crippen LogP contribution in [0.1, 0.15) is 18.9 Å². The summed E-state index contributed by atoms with van der Waals surface area (Å²) in [5, 5.41) is 4.66. The SMILES string of the molecule is CCc1c(-c2cccnc2)nn2c1N(C)C(=O)CC2. The topological polar surface area (TPSA) is 51.0 Å². The Morgan fingerprint density at radius 2 is 2.26 bits per heavy atom. The van der Waals surface area contributed by atoms with Gasteiger partial charge in [0.25, 0.3) is 0 Å². The number of anilines is 1. The van der Waals surface area contributed by atoms with E-state index in [0.717, 1.165) is 29.1 Å². The summed E-state index contributed by atoms with van der Waals surface area (Å²) in [5.41, 5.74) is 3.05. The Morgan fingerprint density at radius 3 is 2.95 bits per heavy atom. The highest BCUT2D eigenvalue weighted by Gasteiger charge is 2.27. The predicted molar refractivity (Wildman–Crippen MR) is 72.9 cm³/mol. The Labute approximate surface area is 111 Å². The van der Waals surface area contributed by atoms with Gasteiger partial charge in [-0.3, -0.25) is 14.7 Å². The molecule has 19 heavy (non-hydrogen) atoms. The van der Waals surface area contributed by atoms with E-state index in [2.05, 4.69) is 17.0 Å². The highest BCUT2D eigenvalue weighted by Crippen LogP contribution is 2.33. The van der Waals surface area contributed by atoms with Gasteiger partial charge in [0.1, 0.15) is 5.82 Å². The van der Waals surface area contributed by atoms with Crippen LogP contribution in [0.5, 0.6) is 0 Å². The lowest BCUT2D eigenvalue weighted by molar-refractivity contribution is -0.119. The molecule has 5 nitrogen and oxygen atoms in total. The smallest absolute Gasteiger partial charge is 0.229 e. The Bertz CT molecular complexity index is 618. The molecule has 2 aromatic rings. The number of nitrogens with zero attached hydrogens (tertiary/aromatic N) is 4. The van der Waals surface area contributed by atoms with Gasteiger partial charge in [-0.1, -0.05) is 6.92 Å². The fourth-order valence-electron chi connectivity index (χ4n) is 2.57. The van der Waals surface area contributed by atoms with Gasteiger partial charge in [0.05, 0.1) is 12.2 Å². The molecule has 0 saturated carbocycles. The van der Waals surface area contributed by atoms with E-state index in [4.69, 9.17) is 0 Å². The number of fused-ring (bicyclic) bond motifs is 1. The molecule has 1 aliphatic heterocycles. The molecule has 0 saturated heterocycles. The van der Waals surface area contributed by atoms with Crippen molar-refractivity contribution in [1.82, 2.24) is 14.8 Å². The molecular formula is C14H16N4O. The van der Waals surface area contributed by atoms with Gasteiger partial charge in [0.15, 0.2) is 0 Å². The number of hydrogen-bond donors (Lipinski definition) is 0. The van der Waals surface area contributed by atoms with Crippen molar-refractivity contribution in [2.45, 2.75) is 26.3 Å². The quantitative estimate of drug-likeness (QED) is 0.824. The molecular weight excluding hydrogens is 240 g/mol. The molecule has 0 bridgehead atoms. The van der Waals surface area contributed by atoms with Crippen molar-refractivity contribution in [1.29, 1.82) is 0 Å². The van der Waals surface area contributed by atoms with Crippen LogP contribution in [0.25, 0.3) is 11.3 Å². The van der Waals surface area contributed by atoms with Crippen molar-refractivity contribution in [3.05, 3.63) is 30.1 Å². The molecule has 0 aromatic carbocycles. The zero-order valence-corrected chi connectivity index (χ0v) is 11.1. The molecule has 98 valence electrons. The molecule has 5 heteroatoms. The maximum Gasteiger partial charge on any atom is 0.229 e. The van der Waals surface area contributed by atoms with Gasteiger partial charge in [-0.25, -0.2) is 4.68 Å². The van der Waals surface area contributed by atoms with Gasteiger partial charge in [0, 0.05) is 37.0 Å². The monoisotopic (exact) mass is 256 g/mol. The number of amides is 1. The van der Waals surface area contributed by atoms with Crippen LogP contribution in [-0.4, -0.2) is 27.7 Å². The zero-order valence-electron chi connectivity index (χ0n) is 11.1. The van der Waals surface area contributed by atoms with Crippen LogP contribution in [0.2, 0.25) is 0 Å². The summed E-state index contributed by atoms with van der Waals surface area (Å²) in [4.78, 5) is 17.7. The van der Waals surface area contributed by atoms with E-state index in [0.29, 0.717) is 13.0 Å². The summed E-state index contributed by atoms with van der Waals surface area (Å²) in [6.45, 7) is 2.75. The van der Waals surface area contributed by atoms with Crippen molar-refractivity contribution in [3.8, 4) is 11.3 Å². The molecule has 2 aromatic heterocycles. The number of carbonyl (C=O) groups excluding carboxylic acids is 1. The zero-order chi connectivity index (χ0) is 13.4. The van der Waals surface area contributed by atoms with Crippen LogP contribution >= 0.6 is 0 Å². The summed E-state index contributed by atoms with van der Waals surface area (Å²) in [7, 11) is 1.82. The summed E-state index contributed by atoms with van der Waals surface area (Å²) in [5.74, 6) is 1.08. The summed E-state index contributed by atoms with van der Waals surface area (Å²) in [6.07, 6.45) is 4.92. The van der Waals surface area contributed by atoms with Crippen LogP contribution in [-0.2, 0) is 17.8 Å². The first kappa shape index (κ1) is 11.9. The molecule has 0 N–H and O–H groups in total. The molecule has 0 unspecified atom stereocenters. The standard InChI is InChI=1S/C14H16N4O/c1-3-11-13(10-5-4-7-15-9-10)16-18-8-6-12(19)17(2)14(11)18/h4-5,7,9H,3,6,8H2,1-2H3. The highest BCUT2D eigenvalue weighted by atomic mass is 16.2. The Kier molecular flexibility index (Phi) is 2.81. The largest absolute Gasteiger partial charge is 0.300 e. The van der Waals surface area contributed by atoms with E-state index in [-0.39, 0.29) is 5.91 Å². The number of pyridine rings is 1. The van der Waals surface area contributed by atoms with Crippen molar-refractivity contribution >= 4 is 11.7 Å². The minimum Gasteiger partial charge on any atom is -0.300 e. The van der Waals surface area contributed by atoms with Crippen LogP contribution < -0.4 is 4.90 Å². The van der Waals surface area contributed by atoms with Gasteiger partial charge in [0.2, 0.25) is 5.91 Å². The fraction of sp³-hybridized carbons (Fsp3) is 0.357. The van der Waals surface area contributed by atoms with E-state index in [9.17, 15) is 4.79 Å². The number of rotatable bonds is 2. The number of aryl methyl sites for hydroxylation is 1. The molecule has 0 spiro atoms. The van der Waals surface area contributed by atoms with Gasteiger partial charge in [-0.15, -0.1) is 0 Å². The van der Waals surface area contributed by atoms with Gasteiger partial charge < -0.3 is 0 Å².